The van der Waals surface area contributed by atoms with Gasteiger partial charge in [0.05, 0.1) is 0 Å². The van der Waals surface area contributed by atoms with Crippen molar-refractivity contribution in [3.8, 4) is 5.75 Å². The summed E-state index contributed by atoms with van der Waals surface area (Å²) in [5.41, 5.74) is 5.62. The Morgan fingerprint density at radius 3 is 2.43 bits per heavy atom. The van der Waals surface area contributed by atoms with Gasteiger partial charge in [0.1, 0.15) is 10.6 Å². The molecule has 1 saturated heterocycles. The number of hydrogen-bond acceptors (Lipinski definition) is 4. The van der Waals surface area contributed by atoms with Crippen LogP contribution in [0.4, 0.5) is 13.2 Å². The summed E-state index contributed by atoms with van der Waals surface area (Å²) in [5, 5.41) is 0. The first kappa shape index (κ1) is 18.0. The van der Waals surface area contributed by atoms with E-state index in [0.29, 0.717) is 6.42 Å². The van der Waals surface area contributed by atoms with E-state index in [-0.39, 0.29) is 31.5 Å². The minimum absolute atomic E-state index is 0. The molecule has 1 aliphatic heterocycles. The molecule has 1 aromatic carbocycles. The zero-order chi connectivity index (χ0) is 15.0. The van der Waals surface area contributed by atoms with Crippen LogP contribution in [0.2, 0.25) is 0 Å². The maximum atomic E-state index is 12.3. The molecule has 10 heteroatoms. The maximum absolute atomic E-state index is 12.3. The number of rotatable bonds is 3. The van der Waals surface area contributed by atoms with E-state index in [1.165, 1.54) is 12.1 Å². The quantitative estimate of drug-likeness (QED) is 0.904. The Bertz CT molecular complexity index is 595. The molecule has 120 valence electrons. The average Bonchev–Trinajstić information content (AvgIpc) is 2.75. The van der Waals surface area contributed by atoms with Gasteiger partial charge in [0, 0.05) is 19.1 Å². The van der Waals surface area contributed by atoms with Gasteiger partial charge in [0.2, 0.25) is 10.0 Å². The van der Waals surface area contributed by atoms with Crippen molar-refractivity contribution >= 4 is 22.4 Å². The van der Waals surface area contributed by atoms with Crippen molar-refractivity contribution in [2.75, 3.05) is 13.1 Å². The van der Waals surface area contributed by atoms with Crippen LogP contribution >= 0.6 is 12.4 Å². The van der Waals surface area contributed by atoms with Gasteiger partial charge in [-0.15, -0.1) is 25.6 Å². The summed E-state index contributed by atoms with van der Waals surface area (Å²) in [6.07, 6.45) is -4.48. The predicted octanol–water partition coefficient (Wildman–Crippen LogP) is 1.73. The molecule has 0 radical (unpaired) electrons. The Morgan fingerprint density at radius 2 is 1.90 bits per heavy atom. The number of sulfonamides is 1. The Labute approximate surface area is 126 Å². The zero-order valence-electron chi connectivity index (χ0n) is 10.7. The smallest absolute Gasteiger partial charge is 0.404 e. The Balaban J connectivity index is 0.00000220. The van der Waals surface area contributed by atoms with Crippen LogP contribution in [0.15, 0.2) is 29.2 Å². The summed E-state index contributed by atoms with van der Waals surface area (Å²) in [6, 6.07) is 4.36. The van der Waals surface area contributed by atoms with Gasteiger partial charge in [0.25, 0.3) is 0 Å². The molecule has 21 heavy (non-hydrogen) atoms. The molecule has 0 aromatic heterocycles. The van der Waals surface area contributed by atoms with Crippen LogP contribution < -0.4 is 10.5 Å². The monoisotopic (exact) mass is 346 g/mol. The first-order valence-corrected chi connectivity index (χ1v) is 7.24. The van der Waals surface area contributed by atoms with Crippen LogP contribution in [0.1, 0.15) is 6.42 Å². The van der Waals surface area contributed by atoms with Crippen molar-refractivity contribution < 1.29 is 26.3 Å². The second-order valence-electron chi connectivity index (χ2n) is 4.41. The van der Waals surface area contributed by atoms with Gasteiger partial charge in [-0.1, -0.05) is 12.1 Å². The van der Waals surface area contributed by atoms with E-state index in [0.717, 1.165) is 16.4 Å². The molecule has 0 unspecified atom stereocenters. The van der Waals surface area contributed by atoms with E-state index in [4.69, 9.17) is 5.73 Å². The zero-order valence-corrected chi connectivity index (χ0v) is 12.3. The maximum Gasteiger partial charge on any atom is 0.573 e. The number of ether oxygens (including phenoxy) is 1. The Morgan fingerprint density at radius 1 is 1.29 bits per heavy atom. The minimum Gasteiger partial charge on any atom is -0.404 e. The van der Waals surface area contributed by atoms with Gasteiger partial charge < -0.3 is 10.5 Å². The largest absolute Gasteiger partial charge is 0.573 e. The van der Waals surface area contributed by atoms with Crippen molar-refractivity contribution in [3.05, 3.63) is 24.3 Å². The van der Waals surface area contributed by atoms with E-state index >= 15 is 0 Å². The van der Waals surface area contributed by atoms with Gasteiger partial charge in [-0.2, -0.15) is 4.31 Å². The highest BCUT2D eigenvalue weighted by atomic mass is 35.5. The van der Waals surface area contributed by atoms with Crippen LogP contribution in [-0.2, 0) is 10.0 Å². The highest BCUT2D eigenvalue weighted by Gasteiger charge is 2.37. The Kier molecular flexibility index (Phi) is 5.48. The van der Waals surface area contributed by atoms with E-state index in [9.17, 15) is 21.6 Å². The summed E-state index contributed by atoms with van der Waals surface area (Å²) < 4.78 is 66.3. The lowest BCUT2D eigenvalue weighted by atomic mass is 10.3. The van der Waals surface area contributed by atoms with Crippen molar-refractivity contribution in [1.29, 1.82) is 0 Å². The number of alkyl halides is 3. The van der Waals surface area contributed by atoms with Crippen molar-refractivity contribution in [1.82, 2.24) is 4.31 Å². The minimum atomic E-state index is -4.95. The normalized spacial score (nSPS) is 20.1. The number of hydrogen-bond donors (Lipinski definition) is 1. The molecule has 0 spiro atoms. The van der Waals surface area contributed by atoms with E-state index in [2.05, 4.69) is 4.74 Å². The van der Waals surface area contributed by atoms with Crippen LogP contribution in [0, 0.1) is 0 Å². The summed E-state index contributed by atoms with van der Waals surface area (Å²) >= 11 is 0. The first-order chi connectivity index (χ1) is 9.20. The highest BCUT2D eigenvalue weighted by molar-refractivity contribution is 7.89. The van der Waals surface area contributed by atoms with E-state index in [1.54, 1.807) is 0 Å². The van der Waals surface area contributed by atoms with Gasteiger partial charge in [-0.25, -0.2) is 8.42 Å². The molecule has 0 amide bonds. The lowest BCUT2D eigenvalue weighted by Gasteiger charge is -2.19. The lowest BCUT2D eigenvalue weighted by molar-refractivity contribution is -0.275. The van der Waals surface area contributed by atoms with E-state index in [1.807, 2.05) is 0 Å². The van der Waals surface area contributed by atoms with Gasteiger partial charge >= 0.3 is 6.36 Å². The fraction of sp³-hybridized carbons (Fsp3) is 0.455. The fourth-order valence-electron chi connectivity index (χ4n) is 1.98. The number of nitrogens with two attached hydrogens (primary N) is 1. The summed E-state index contributed by atoms with van der Waals surface area (Å²) in [4.78, 5) is -0.508. The molecule has 2 rings (SSSR count). The molecule has 1 atom stereocenters. The van der Waals surface area contributed by atoms with Crippen molar-refractivity contribution in [3.63, 3.8) is 0 Å². The lowest BCUT2D eigenvalue weighted by Crippen LogP contribution is -2.32. The Hall–Kier alpha value is -1.03. The molecule has 0 bridgehead atoms. The van der Waals surface area contributed by atoms with Crippen LogP contribution in [0.25, 0.3) is 0 Å². The molecule has 5 nitrogen and oxygen atoms in total. The number of nitrogens with zero attached hydrogens (tertiary/aromatic N) is 1. The third kappa shape index (κ3) is 4.22. The topological polar surface area (TPSA) is 72.6 Å². The van der Waals surface area contributed by atoms with Crippen LogP contribution in [0.3, 0.4) is 0 Å². The predicted molar refractivity (Wildman–Crippen MR) is 71.7 cm³/mol. The third-order valence-electron chi connectivity index (χ3n) is 2.88. The molecule has 1 aromatic rings. The molecular weight excluding hydrogens is 333 g/mol. The van der Waals surface area contributed by atoms with Gasteiger partial charge in [0.15, 0.2) is 0 Å². The van der Waals surface area contributed by atoms with Crippen LogP contribution in [0.5, 0.6) is 5.75 Å². The van der Waals surface area contributed by atoms with Gasteiger partial charge in [-0.05, 0) is 18.6 Å². The van der Waals surface area contributed by atoms with E-state index < -0.39 is 27.0 Å². The average molecular weight is 347 g/mol. The molecule has 2 N–H and O–H groups in total. The molecule has 0 saturated carbocycles. The third-order valence-corrected chi connectivity index (χ3v) is 4.78. The van der Waals surface area contributed by atoms with Crippen molar-refractivity contribution in [2.24, 2.45) is 5.73 Å². The summed E-state index contributed by atoms with van der Waals surface area (Å²) in [7, 11) is -4.05. The first-order valence-electron chi connectivity index (χ1n) is 5.80. The van der Waals surface area contributed by atoms with Gasteiger partial charge in [-0.3, -0.25) is 0 Å². The molecular formula is C11H14ClF3N2O3S. The fourth-order valence-corrected chi connectivity index (χ4v) is 3.61. The number of para-hydroxylation sites is 1. The standard InChI is InChI=1S/C11H13F3N2O3S.ClH/c12-11(13,14)19-9-3-1-2-4-10(9)20(17,18)16-6-5-8(15)7-16;/h1-4,8H,5-7,15H2;1H/t8-;/m0./s1. The molecule has 0 aliphatic carbocycles. The van der Waals surface area contributed by atoms with Crippen LogP contribution in [-0.4, -0.2) is 38.2 Å². The SMILES string of the molecule is Cl.N[C@H]1CCN(S(=O)(=O)c2ccccc2OC(F)(F)F)C1. The summed E-state index contributed by atoms with van der Waals surface area (Å²) in [5.74, 6) is -0.736. The molecule has 1 heterocycles. The second kappa shape index (κ2) is 6.39. The second-order valence-corrected chi connectivity index (χ2v) is 6.31. The molecule has 1 aliphatic rings. The molecule has 1 fully saturated rings. The summed E-state index contributed by atoms with van der Waals surface area (Å²) in [6.45, 7) is 0.270. The number of benzene rings is 1. The van der Waals surface area contributed by atoms with Crippen molar-refractivity contribution in [2.45, 2.75) is 23.7 Å². The highest BCUT2D eigenvalue weighted by Crippen LogP contribution is 2.32. The number of halogens is 4.